The highest BCUT2D eigenvalue weighted by Crippen LogP contribution is 2.22. The molecule has 0 radical (unpaired) electrons. The fourth-order valence-electron chi connectivity index (χ4n) is 3.07. The van der Waals surface area contributed by atoms with Crippen LogP contribution in [0.3, 0.4) is 0 Å². The predicted molar refractivity (Wildman–Crippen MR) is 80.6 cm³/mol. The molecule has 2 saturated heterocycles. The molecule has 22 heavy (non-hydrogen) atoms. The molecule has 7 heteroatoms. The van der Waals surface area contributed by atoms with Crippen molar-refractivity contribution in [3.05, 3.63) is 18.3 Å². The minimum absolute atomic E-state index is 0.0149. The average molecular weight is 306 g/mol. The van der Waals surface area contributed by atoms with E-state index in [1.807, 2.05) is 31.0 Å². The number of hydrogen-bond donors (Lipinski definition) is 0. The third kappa shape index (κ3) is 3.36. The Bertz CT molecular complexity index is 513. The van der Waals surface area contributed by atoms with Crippen molar-refractivity contribution in [2.24, 2.45) is 0 Å². The van der Waals surface area contributed by atoms with Gasteiger partial charge < -0.3 is 14.4 Å². The Kier molecular flexibility index (Phi) is 4.54. The van der Waals surface area contributed by atoms with Crippen LogP contribution in [0, 0.1) is 0 Å². The molecule has 2 aliphatic rings. The molecule has 0 spiro atoms. The number of likely N-dealkylation sites (N-methyl/N-ethyl adjacent to an activating group) is 1. The van der Waals surface area contributed by atoms with E-state index in [9.17, 15) is 4.79 Å². The molecule has 120 valence electrons. The molecule has 0 N–H and O–H groups in total. The summed E-state index contributed by atoms with van der Waals surface area (Å²) in [5.74, 6) is 0.715. The van der Waals surface area contributed by atoms with E-state index in [1.165, 1.54) is 0 Å². The van der Waals surface area contributed by atoms with E-state index in [-0.39, 0.29) is 24.2 Å². The van der Waals surface area contributed by atoms with E-state index in [1.54, 1.807) is 6.20 Å². The number of nitrogens with zero attached hydrogens (tertiary/aromatic N) is 4. The Balaban J connectivity index is 1.58. The molecule has 3 unspecified atom stereocenters. The quantitative estimate of drug-likeness (QED) is 0.742. The van der Waals surface area contributed by atoms with Gasteiger partial charge in [0.05, 0.1) is 12.7 Å². The molecule has 1 aromatic heterocycles. The number of morpholine rings is 1. The Morgan fingerprint density at radius 1 is 1.50 bits per heavy atom. The van der Waals surface area contributed by atoms with Crippen LogP contribution >= 0.6 is 0 Å². The van der Waals surface area contributed by atoms with Crippen LogP contribution in [0.5, 0.6) is 0 Å². The first-order chi connectivity index (χ1) is 10.6. The Morgan fingerprint density at radius 2 is 2.36 bits per heavy atom. The van der Waals surface area contributed by atoms with Crippen LogP contribution in [0.2, 0.25) is 0 Å². The first-order valence-corrected chi connectivity index (χ1v) is 7.68. The Labute approximate surface area is 130 Å². The molecule has 3 rings (SSSR count). The average Bonchev–Trinajstić information content (AvgIpc) is 2.87. The second-order valence-electron chi connectivity index (χ2n) is 5.95. The van der Waals surface area contributed by atoms with Gasteiger partial charge >= 0.3 is 5.97 Å². The van der Waals surface area contributed by atoms with Gasteiger partial charge in [-0.15, -0.1) is 5.10 Å². The van der Waals surface area contributed by atoms with E-state index in [0.29, 0.717) is 13.2 Å². The smallest absolute Gasteiger partial charge is 0.323 e. The monoisotopic (exact) mass is 306 g/mol. The predicted octanol–water partition coefficient (Wildman–Crippen LogP) is 0.318. The summed E-state index contributed by atoms with van der Waals surface area (Å²) < 4.78 is 11.1. The van der Waals surface area contributed by atoms with Gasteiger partial charge in [-0.1, -0.05) is 0 Å². The van der Waals surface area contributed by atoms with Gasteiger partial charge in [0.25, 0.3) is 0 Å². The highest BCUT2D eigenvalue weighted by molar-refractivity contribution is 5.78. The summed E-state index contributed by atoms with van der Waals surface area (Å²) >= 11 is 0. The second-order valence-corrected chi connectivity index (χ2v) is 5.95. The maximum atomic E-state index is 11.9. The number of ether oxygens (including phenoxy) is 2. The van der Waals surface area contributed by atoms with Crippen molar-refractivity contribution in [1.82, 2.24) is 15.1 Å². The summed E-state index contributed by atoms with van der Waals surface area (Å²) in [6.45, 7) is 4.80. The number of aromatic nitrogens is 2. The summed E-state index contributed by atoms with van der Waals surface area (Å²) in [5.41, 5.74) is 0. The van der Waals surface area contributed by atoms with Crippen molar-refractivity contribution >= 4 is 11.8 Å². The van der Waals surface area contributed by atoms with E-state index in [4.69, 9.17) is 9.47 Å². The molecule has 0 bridgehead atoms. The standard InChI is InChI=1S/C15H22N4O3/c1-11-8-13(15(20)22-11)19-6-7-21-12(10-19)9-18(2)14-4-3-5-16-17-14/h3-5,11-13H,6-10H2,1-2H3. The number of hydrogen-bond acceptors (Lipinski definition) is 7. The molecule has 3 atom stereocenters. The first-order valence-electron chi connectivity index (χ1n) is 7.68. The molecule has 7 nitrogen and oxygen atoms in total. The normalized spacial score (nSPS) is 29.4. The fraction of sp³-hybridized carbons (Fsp3) is 0.667. The van der Waals surface area contributed by atoms with Crippen LogP contribution in [0.4, 0.5) is 5.82 Å². The molecule has 1 aromatic rings. The van der Waals surface area contributed by atoms with Gasteiger partial charge in [-0.3, -0.25) is 9.69 Å². The molecular weight excluding hydrogens is 284 g/mol. The van der Waals surface area contributed by atoms with Crippen LogP contribution in [0.15, 0.2) is 18.3 Å². The fourth-order valence-corrected chi connectivity index (χ4v) is 3.07. The molecule has 3 heterocycles. The van der Waals surface area contributed by atoms with E-state index < -0.39 is 0 Å². The van der Waals surface area contributed by atoms with Gasteiger partial charge in [0.2, 0.25) is 0 Å². The zero-order valence-corrected chi connectivity index (χ0v) is 13.0. The van der Waals surface area contributed by atoms with Crippen LogP contribution < -0.4 is 4.90 Å². The molecule has 2 fully saturated rings. The van der Waals surface area contributed by atoms with E-state index in [2.05, 4.69) is 15.1 Å². The summed E-state index contributed by atoms with van der Waals surface area (Å²) in [4.78, 5) is 16.1. The van der Waals surface area contributed by atoms with Crippen molar-refractivity contribution in [1.29, 1.82) is 0 Å². The van der Waals surface area contributed by atoms with Gasteiger partial charge in [0.15, 0.2) is 5.82 Å². The van der Waals surface area contributed by atoms with E-state index >= 15 is 0 Å². The van der Waals surface area contributed by atoms with Crippen LogP contribution in [0.1, 0.15) is 13.3 Å². The number of carbonyl (C=O) groups excluding carboxylic acids is 1. The highest BCUT2D eigenvalue weighted by Gasteiger charge is 2.38. The van der Waals surface area contributed by atoms with Crippen LogP contribution in [-0.4, -0.2) is 72.6 Å². The van der Waals surface area contributed by atoms with Crippen LogP contribution in [0.25, 0.3) is 0 Å². The van der Waals surface area contributed by atoms with Crippen molar-refractivity contribution in [3.8, 4) is 0 Å². The number of carbonyl (C=O) groups is 1. The summed E-state index contributed by atoms with van der Waals surface area (Å²) in [6.07, 6.45) is 2.49. The SMILES string of the molecule is CC1CC(N2CCOC(CN(C)c3cccnn3)C2)C(=O)O1. The second kappa shape index (κ2) is 6.58. The van der Waals surface area contributed by atoms with Gasteiger partial charge in [0, 0.05) is 39.3 Å². The highest BCUT2D eigenvalue weighted by atomic mass is 16.6. The minimum atomic E-state index is -0.122. The lowest BCUT2D eigenvalue weighted by Crippen LogP contribution is -2.52. The number of cyclic esters (lactones) is 1. The number of esters is 1. The molecular formula is C15H22N4O3. The maximum Gasteiger partial charge on any atom is 0.323 e. The zero-order chi connectivity index (χ0) is 15.5. The molecule has 0 aliphatic carbocycles. The van der Waals surface area contributed by atoms with Crippen LogP contribution in [-0.2, 0) is 14.3 Å². The molecule has 0 amide bonds. The topological polar surface area (TPSA) is 67.8 Å². The minimum Gasteiger partial charge on any atom is -0.461 e. The summed E-state index contributed by atoms with van der Waals surface area (Å²) in [6, 6.07) is 3.66. The van der Waals surface area contributed by atoms with E-state index in [0.717, 1.165) is 25.3 Å². The summed E-state index contributed by atoms with van der Waals surface area (Å²) in [7, 11) is 1.97. The van der Waals surface area contributed by atoms with Gasteiger partial charge in [0.1, 0.15) is 12.1 Å². The summed E-state index contributed by atoms with van der Waals surface area (Å²) in [5, 5.41) is 7.99. The third-order valence-corrected chi connectivity index (χ3v) is 4.18. The van der Waals surface area contributed by atoms with Crippen molar-refractivity contribution in [2.75, 3.05) is 38.2 Å². The van der Waals surface area contributed by atoms with Crippen molar-refractivity contribution < 1.29 is 14.3 Å². The van der Waals surface area contributed by atoms with Gasteiger partial charge in [-0.05, 0) is 19.1 Å². The zero-order valence-electron chi connectivity index (χ0n) is 13.0. The lowest BCUT2D eigenvalue weighted by Gasteiger charge is -2.36. The molecule has 2 aliphatic heterocycles. The van der Waals surface area contributed by atoms with Gasteiger partial charge in [-0.25, -0.2) is 0 Å². The van der Waals surface area contributed by atoms with Gasteiger partial charge in [-0.2, -0.15) is 5.10 Å². The maximum absolute atomic E-state index is 11.9. The largest absolute Gasteiger partial charge is 0.461 e. The lowest BCUT2D eigenvalue weighted by atomic mass is 10.1. The molecule has 0 aromatic carbocycles. The molecule has 0 saturated carbocycles. The lowest BCUT2D eigenvalue weighted by molar-refractivity contribution is -0.146. The van der Waals surface area contributed by atoms with Crippen molar-refractivity contribution in [3.63, 3.8) is 0 Å². The Hall–Kier alpha value is -1.73. The first kappa shape index (κ1) is 15.2. The number of anilines is 1. The van der Waals surface area contributed by atoms with Crippen molar-refractivity contribution in [2.45, 2.75) is 31.6 Å². The Morgan fingerprint density at radius 3 is 3.05 bits per heavy atom. The number of rotatable bonds is 4. The third-order valence-electron chi connectivity index (χ3n) is 4.18.